The van der Waals surface area contributed by atoms with Crippen LogP contribution in [0.25, 0.3) is 0 Å². The van der Waals surface area contributed by atoms with Crippen molar-refractivity contribution in [2.75, 3.05) is 19.7 Å². The molecule has 0 bridgehead atoms. The second kappa shape index (κ2) is 11.9. The zero-order valence-electron chi connectivity index (χ0n) is 15.4. The van der Waals surface area contributed by atoms with E-state index in [0.29, 0.717) is 6.42 Å². The third-order valence-electron chi connectivity index (χ3n) is 4.64. The van der Waals surface area contributed by atoms with Crippen molar-refractivity contribution in [1.29, 1.82) is 0 Å². The highest BCUT2D eigenvalue weighted by molar-refractivity contribution is 6.36. The summed E-state index contributed by atoms with van der Waals surface area (Å²) in [5, 5.41) is 20.2. The third kappa shape index (κ3) is 7.48. The summed E-state index contributed by atoms with van der Waals surface area (Å²) in [5.74, 6) is -1.19. The lowest BCUT2D eigenvalue weighted by atomic mass is 10.0. The number of aliphatic hydroxyl groups is 1. The SMILES string of the molecule is CCCCCCCCCCCC(=O)C1=NC=C[N+]1(CCO)CC(=O)[O-]. The van der Waals surface area contributed by atoms with Gasteiger partial charge in [0, 0.05) is 6.42 Å². The average molecular weight is 352 g/mol. The second-order valence-electron chi connectivity index (χ2n) is 6.76. The van der Waals surface area contributed by atoms with Crippen molar-refractivity contribution in [3.05, 3.63) is 12.4 Å². The van der Waals surface area contributed by atoms with Crippen LogP contribution in [0, 0.1) is 0 Å². The van der Waals surface area contributed by atoms with Crippen LogP contribution in [-0.4, -0.2) is 46.9 Å². The summed E-state index contributed by atoms with van der Waals surface area (Å²) in [6.07, 6.45) is 13.9. The summed E-state index contributed by atoms with van der Waals surface area (Å²) in [6, 6.07) is 0. The molecular weight excluding hydrogens is 320 g/mol. The third-order valence-corrected chi connectivity index (χ3v) is 4.64. The number of aliphatic hydroxyl groups excluding tert-OH is 1. The topological polar surface area (TPSA) is 89.8 Å². The van der Waals surface area contributed by atoms with Crippen molar-refractivity contribution < 1.29 is 24.3 Å². The molecule has 1 rings (SSSR count). The first-order chi connectivity index (χ1) is 12.1. The maximum atomic E-state index is 12.4. The number of hydrogen-bond acceptors (Lipinski definition) is 5. The van der Waals surface area contributed by atoms with Gasteiger partial charge in [-0.3, -0.25) is 4.79 Å². The van der Waals surface area contributed by atoms with Gasteiger partial charge in [-0.1, -0.05) is 58.3 Å². The molecule has 1 heterocycles. The lowest BCUT2D eigenvalue weighted by molar-refractivity contribution is -0.779. The van der Waals surface area contributed by atoms with E-state index in [0.717, 1.165) is 19.3 Å². The van der Waals surface area contributed by atoms with Gasteiger partial charge >= 0.3 is 0 Å². The molecule has 0 saturated carbocycles. The van der Waals surface area contributed by atoms with Gasteiger partial charge in [-0.25, -0.2) is 4.48 Å². The smallest absolute Gasteiger partial charge is 0.276 e. The first kappa shape index (κ1) is 21.5. The quantitative estimate of drug-likeness (QED) is 0.360. The molecule has 0 aromatic carbocycles. The highest BCUT2D eigenvalue weighted by atomic mass is 16.4. The Kier molecular flexibility index (Phi) is 10.3. The lowest BCUT2D eigenvalue weighted by Gasteiger charge is -2.31. The van der Waals surface area contributed by atoms with Crippen LogP contribution in [0.3, 0.4) is 0 Å². The summed E-state index contributed by atoms with van der Waals surface area (Å²) >= 11 is 0. The predicted molar refractivity (Wildman–Crippen MR) is 95.5 cm³/mol. The Bertz CT molecular complexity index is 488. The van der Waals surface area contributed by atoms with Crippen molar-refractivity contribution in [3.8, 4) is 0 Å². The number of rotatable bonds is 15. The van der Waals surface area contributed by atoms with Crippen LogP contribution in [0.15, 0.2) is 17.4 Å². The molecule has 0 spiro atoms. The van der Waals surface area contributed by atoms with Crippen LogP contribution in [0.5, 0.6) is 0 Å². The number of carbonyl (C=O) groups excluding carboxylic acids is 2. The Morgan fingerprint density at radius 1 is 1.08 bits per heavy atom. The number of hydrogen-bond donors (Lipinski definition) is 1. The fourth-order valence-corrected chi connectivity index (χ4v) is 3.24. The molecule has 0 fully saturated rings. The molecular formula is C19H32N2O4. The highest BCUT2D eigenvalue weighted by Crippen LogP contribution is 2.19. The number of carboxylic acids is 1. The number of carbonyl (C=O) groups is 2. The minimum absolute atomic E-state index is 0.118. The highest BCUT2D eigenvalue weighted by Gasteiger charge is 2.39. The zero-order chi connectivity index (χ0) is 18.5. The van der Waals surface area contributed by atoms with Gasteiger partial charge < -0.3 is 15.0 Å². The molecule has 25 heavy (non-hydrogen) atoms. The molecule has 1 aliphatic rings. The van der Waals surface area contributed by atoms with Crippen LogP contribution in [0.1, 0.15) is 71.1 Å². The Hall–Kier alpha value is -1.53. The van der Waals surface area contributed by atoms with Crippen LogP contribution in [-0.2, 0) is 9.59 Å². The maximum Gasteiger partial charge on any atom is 0.276 e. The van der Waals surface area contributed by atoms with Crippen LogP contribution >= 0.6 is 0 Å². The first-order valence-corrected chi connectivity index (χ1v) is 9.52. The van der Waals surface area contributed by atoms with E-state index in [2.05, 4.69) is 11.9 Å². The van der Waals surface area contributed by atoms with Crippen molar-refractivity contribution in [2.24, 2.45) is 4.99 Å². The van der Waals surface area contributed by atoms with E-state index in [1.165, 1.54) is 44.7 Å². The monoisotopic (exact) mass is 352 g/mol. The summed E-state index contributed by atoms with van der Waals surface area (Å²) in [7, 11) is 0. The van der Waals surface area contributed by atoms with E-state index in [4.69, 9.17) is 0 Å². The van der Waals surface area contributed by atoms with Crippen LogP contribution in [0.4, 0.5) is 0 Å². The Labute approximate surface area is 150 Å². The molecule has 6 heteroatoms. The van der Waals surface area contributed by atoms with E-state index in [1.54, 1.807) is 6.20 Å². The van der Waals surface area contributed by atoms with Gasteiger partial charge in [-0.2, -0.15) is 4.99 Å². The summed E-state index contributed by atoms with van der Waals surface area (Å²) in [5.41, 5.74) is 0. The number of amidine groups is 1. The molecule has 0 radical (unpaired) electrons. The van der Waals surface area contributed by atoms with Gasteiger partial charge in [0.15, 0.2) is 0 Å². The minimum Gasteiger partial charge on any atom is -0.544 e. The summed E-state index contributed by atoms with van der Waals surface area (Å²) in [6.45, 7) is 1.73. The number of Topliss-reactive ketones (excluding diaryl/α,β-unsaturated/α-hetero) is 1. The van der Waals surface area contributed by atoms with Gasteiger partial charge in [0.1, 0.15) is 19.3 Å². The predicted octanol–water partition coefficient (Wildman–Crippen LogP) is 1.92. The number of carboxylic acid groups (broad SMARTS) is 1. The summed E-state index contributed by atoms with van der Waals surface area (Å²) < 4.78 is -0.241. The van der Waals surface area contributed by atoms with E-state index in [1.807, 2.05) is 0 Å². The molecule has 1 atom stereocenters. The second-order valence-corrected chi connectivity index (χ2v) is 6.76. The lowest BCUT2D eigenvalue weighted by Crippen LogP contribution is -2.56. The Morgan fingerprint density at radius 3 is 2.24 bits per heavy atom. The van der Waals surface area contributed by atoms with Crippen molar-refractivity contribution in [2.45, 2.75) is 71.1 Å². The zero-order valence-corrected chi connectivity index (χ0v) is 15.4. The molecule has 0 aromatic heterocycles. The number of aliphatic carboxylic acids is 1. The number of ketones is 1. The number of quaternary nitrogens is 1. The first-order valence-electron chi connectivity index (χ1n) is 9.52. The largest absolute Gasteiger partial charge is 0.544 e. The Morgan fingerprint density at radius 2 is 1.68 bits per heavy atom. The molecule has 1 N–H and O–H groups in total. The molecule has 0 aromatic rings. The normalized spacial score (nSPS) is 19.2. The van der Waals surface area contributed by atoms with Gasteiger partial charge in [-0.05, 0) is 6.42 Å². The van der Waals surface area contributed by atoms with Crippen LogP contribution < -0.4 is 5.11 Å². The minimum atomic E-state index is -1.26. The van der Waals surface area contributed by atoms with Gasteiger partial charge in [0.05, 0.1) is 18.8 Å². The van der Waals surface area contributed by atoms with Crippen molar-refractivity contribution >= 4 is 17.6 Å². The summed E-state index contributed by atoms with van der Waals surface area (Å²) in [4.78, 5) is 27.5. The fraction of sp³-hybridized carbons (Fsp3) is 0.737. The number of unbranched alkanes of at least 4 members (excludes halogenated alkanes) is 8. The van der Waals surface area contributed by atoms with Gasteiger partial charge in [0.2, 0.25) is 5.78 Å². The van der Waals surface area contributed by atoms with Gasteiger partial charge in [0.25, 0.3) is 5.84 Å². The molecule has 0 amide bonds. The van der Waals surface area contributed by atoms with E-state index in [9.17, 15) is 19.8 Å². The van der Waals surface area contributed by atoms with Gasteiger partial charge in [-0.15, -0.1) is 0 Å². The maximum absolute atomic E-state index is 12.4. The van der Waals surface area contributed by atoms with E-state index in [-0.39, 0.29) is 35.8 Å². The fourth-order valence-electron chi connectivity index (χ4n) is 3.24. The molecule has 142 valence electrons. The average Bonchev–Trinajstić information content (AvgIpc) is 2.96. The molecule has 1 unspecified atom stereocenters. The standard InChI is InChI=1S/C19H32N2O4/c1-2-3-4-5-6-7-8-9-10-11-17(23)19-20-12-13-21(19,14-15-22)16-18(24)25/h12-13,22H,2-11,14-16H2,1H3. The Balaban J connectivity index is 2.32. The van der Waals surface area contributed by atoms with Crippen molar-refractivity contribution in [3.63, 3.8) is 0 Å². The van der Waals surface area contributed by atoms with Crippen LogP contribution in [0.2, 0.25) is 0 Å². The van der Waals surface area contributed by atoms with Crippen molar-refractivity contribution in [1.82, 2.24) is 0 Å². The molecule has 1 aliphatic heterocycles. The van der Waals surface area contributed by atoms with E-state index >= 15 is 0 Å². The van der Waals surface area contributed by atoms with E-state index < -0.39 is 5.97 Å². The molecule has 0 aliphatic carbocycles. The molecule has 0 saturated heterocycles. The number of aliphatic imine (C=N–C) groups is 1. The number of nitrogens with zero attached hydrogens (tertiary/aromatic N) is 2. The molecule has 6 nitrogen and oxygen atoms in total.